The van der Waals surface area contributed by atoms with E-state index in [0.717, 1.165) is 34.8 Å². The summed E-state index contributed by atoms with van der Waals surface area (Å²) in [4.78, 5) is 0. The molecule has 1 aromatic heterocycles. The summed E-state index contributed by atoms with van der Waals surface area (Å²) in [7, 11) is 0. The molecule has 1 nitrogen and oxygen atoms in total. The highest BCUT2D eigenvalue weighted by atomic mass is 79.9. The summed E-state index contributed by atoms with van der Waals surface area (Å²) in [6.45, 7) is 3.06. The van der Waals surface area contributed by atoms with Crippen LogP contribution in [0.3, 0.4) is 0 Å². The standard InChI is InChI=1S/C13H13BrFN/c1-8-10-6-9(14)7-11(15)13(10)16-5-3-2-4-12(8)16/h6-7H,2-5H2,1H3. The van der Waals surface area contributed by atoms with Crippen molar-refractivity contribution in [3.05, 3.63) is 33.7 Å². The molecule has 0 N–H and O–H groups in total. The van der Waals surface area contributed by atoms with E-state index in [2.05, 4.69) is 27.4 Å². The molecule has 0 radical (unpaired) electrons. The summed E-state index contributed by atoms with van der Waals surface area (Å²) in [5.74, 6) is -0.111. The van der Waals surface area contributed by atoms with Crippen LogP contribution in [0.2, 0.25) is 0 Å². The van der Waals surface area contributed by atoms with Gasteiger partial charge in [-0.2, -0.15) is 0 Å². The molecule has 84 valence electrons. The fraction of sp³-hybridized carbons (Fsp3) is 0.385. The molecule has 0 saturated heterocycles. The van der Waals surface area contributed by atoms with Crippen molar-refractivity contribution < 1.29 is 4.39 Å². The third kappa shape index (κ3) is 1.34. The van der Waals surface area contributed by atoms with Crippen LogP contribution in [-0.2, 0) is 13.0 Å². The van der Waals surface area contributed by atoms with Gasteiger partial charge in [0.1, 0.15) is 5.82 Å². The van der Waals surface area contributed by atoms with Gasteiger partial charge in [0.2, 0.25) is 0 Å². The van der Waals surface area contributed by atoms with Crippen LogP contribution in [0.25, 0.3) is 10.9 Å². The highest BCUT2D eigenvalue weighted by Crippen LogP contribution is 2.33. The largest absolute Gasteiger partial charge is 0.342 e. The number of fused-ring (bicyclic) bond motifs is 3. The minimum absolute atomic E-state index is 0.111. The van der Waals surface area contributed by atoms with E-state index in [-0.39, 0.29) is 5.82 Å². The van der Waals surface area contributed by atoms with Crippen LogP contribution in [0.4, 0.5) is 4.39 Å². The third-order valence-electron chi connectivity index (χ3n) is 3.51. The van der Waals surface area contributed by atoms with Gasteiger partial charge < -0.3 is 4.57 Å². The number of aromatic nitrogens is 1. The molecule has 0 bridgehead atoms. The summed E-state index contributed by atoms with van der Waals surface area (Å²) in [5.41, 5.74) is 3.35. The zero-order valence-corrected chi connectivity index (χ0v) is 10.8. The van der Waals surface area contributed by atoms with Gasteiger partial charge in [0.15, 0.2) is 0 Å². The molecular weight excluding hydrogens is 269 g/mol. The zero-order valence-electron chi connectivity index (χ0n) is 9.19. The van der Waals surface area contributed by atoms with Crippen LogP contribution in [-0.4, -0.2) is 4.57 Å². The van der Waals surface area contributed by atoms with Crippen LogP contribution >= 0.6 is 15.9 Å². The average molecular weight is 282 g/mol. The van der Waals surface area contributed by atoms with Crippen LogP contribution < -0.4 is 0 Å². The van der Waals surface area contributed by atoms with E-state index in [9.17, 15) is 4.39 Å². The monoisotopic (exact) mass is 281 g/mol. The van der Waals surface area contributed by atoms with E-state index >= 15 is 0 Å². The maximum absolute atomic E-state index is 14.0. The Bertz CT molecular complexity index is 571. The second-order valence-electron chi connectivity index (χ2n) is 4.46. The van der Waals surface area contributed by atoms with Crippen molar-refractivity contribution in [1.29, 1.82) is 0 Å². The Morgan fingerprint density at radius 2 is 2.12 bits per heavy atom. The molecule has 0 fully saturated rings. The summed E-state index contributed by atoms with van der Waals surface area (Å²) < 4.78 is 17.0. The number of benzene rings is 1. The van der Waals surface area contributed by atoms with Gasteiger partial charge in [-0.15, -0.1) is 0 Å². The smallest absolute Gasteiger partial charge is 0.148 e. The van der Waals surface area contributed by atoms with Crippen molar-refractivity contribution in [1.82, 2.24) is 4.57 Å². The van der Waals surface area contributed by atoms with Gasteiger partial charge in [-0.3, -0.25) is 0 Å². The second-order valence-corrected chi connectivity index (χ2v) is 5.38. The zero-order chi connectivity index (χ0) is 11.3. The first-order valence-electron chi connectivity index (χ1n) is 5.65. The Morgan fingerprint density at radius 1 is 1.31 bits per heavy atom. The molecule has 1 aliphatic heterocycles. The molecule has 3 heteroatoms. The van der Waals surface area contributed by atoms with Crippen molar-refractivity contribution in [3.63, 3.8) is 0 Å². The molecule has 2 heterocycles. The molecule has 16 heavy (non-hydrogen) atoms. The molecule has 0 atom stereocenters. The van der Waals surface area contributed by atoms with Crippen LogP contribution in [0.5, 0.6) is 0 Å². The lowest BCUT2D eigenvalue weighted by Gasteiger charge is -2.16. The highest BCUT2D eigenvalue weighted by Gasteiger charge is 2.19. The van der Waals surface area contributed by atoms with Gasteiger partial charge in [0.25, 0.3) is 0 Å². The third-order valence-corrected chi connectivity index (χ3v) is 3.96. The second kappa shape index (κ2) is 3.59. The number of hydrogen-bond donors (Lipinski definition) is 0. The van der Waals surface area contributed by atoms with E-state index in [1.807, 2.05) is 6.07 Å². The quantitative estimate of drug-likeness (QED) is 0.683. The molecule has 1 aliphatic rings. The summed E-state index contributed by atoms with van der Waals surface area (Å²) >= 11 is 3.36. The molecule has 0 spiro atoms. The first-order valence-corrected chi connectivity index (χ1v) is 6.44. The number of hydrogen-bond acceptors (Lipinski definition) is 0. The Labute approximate surface area is 102 Å². The van der Waals surface area contributed by atoms with Gasteiger partial charge in [0, 0.05) is 22.1 Å². The Hall–Kier alpha value is -0.830. The number of aryl methyl sites for hydroxylation is 2. The summed E-state index contributed by atoms with van der Waals surface area (Å²) in [6, 6.07) is 3.59. The van der Waals surface area contributed by atoms with Gasteiger partial charge in [-0.25, -0.2) is 4.39 Å². The van der Waals surface area contributed by atoms with Crippen LogP contribution in [0.1, 0.15) is 24.1 Å². The highest BCUT2D eigenvalue weighted by molar-refractivity contribution is 9.10. The van der Waals surface area contributed by atoms with Crippen molar-refractivity contribution in [2.24, 2.45) is 0 Å². The maximum Gasteiger partial charge on any atom is 0.148 e. The van der Waals surface area contributed by atoms with E-state index in [1.165, 1.54) is 17.7 Å². The van der Waals surface area contributed by atoms with Gasteiger partial charge in [-0.05, 0) is 43.9 Å². The first kappa shape index (κ1) is 10.3. The molecule has 1 aromatic carbocycles. The van der Waals surface area contributed by atoms with Gasteiger partial charge in [-0.1, -0.05) is 15.9 Å². The molecule has 0 aliphatic carbocycles. The molecule has 0 unspecified atom stereocenters. The van der Waals surface area contributed by atoms with Crippen LogP contribution in [0, 0.1) is 12.7 Å². The predicted octanol–water partition coefficient (Wildman–Crippen LogP) is 4.19. The number of halogens is 2. The van der Waals surface area contributed by atoms with E-state index in [1.54, 1.807) is 6.07 Å². The van der Waals surface area contributed by atoms with Crippen molar-refractivity contribution >= 4 is 26.8 Å². The normalized spacial score (nSPS) is 15.4. The summed E-state index contributed by atoms with van der Waals surface area (Å²) in [5, 5.41) is 1.06. The molecule has 2 aromatic rings. The lowest BCUT2D eigenvalue weighted by Crippen LogP contribution is -2.10. The Balaban J connectivity index is 2.44. The lowest BCUT2D eigenvalue weighted by atomic mass is 10.1. The Morgan fingerprint density at radius 3 is 2.94 bits per heavy atom. The maximum atomic E-state index is 14.0. The van der Waals surface area contributed by atoms with Gasteiger partial charge >= 0.3 is 0 Å². The minimum atomic E-state index is -0.111. The SMILES string of the molecule is Cc1c2n(c3c(F)cc(Br)cc13)CCCC2. The fourth-order valence-corrected chi connectivity index (χ4v) is 3.18. The molecule has 0 amide bonds. The van der Waals surface area contributed by atoms with Crippen molar-refractivity contribution in [2.75, 3.05) is 0 Å². The predicted molar refractivity (Wildman–Crippen MR) is 67.3 cm³/mol. The van der Waals surface area contributed by atoms with Crippen molar-refractivity contribution in [3.8, 4) is 0 Å². The Kier molecular flexibility index (Phi) is 2.32. The minimum Gasteiger partial charge on any atom is -0.342 e. The summed E-state index contributed by atoms with van der Waals surface area (Å²) in [6.07, 6.45) is 3.46. The number of nitrogens with zero attached hydrogens (tertiary/aromatic N) is 1. The van der Waals surface area contributed by atoms with Crippen LogP contribution in [0.15, 0.2) is 16.6 Å². The number of rotatable bonds is 0. The first-order chi connectivity index (χ1) is 7.68. The average Bonchev–Trinajstić information content (AvgIpc) is 2.54. The van der Waals surface area contributed by atoms with E-state index in [0.29, 0.717) is 0 Å². The molecule has 0 saturated carbocycles. The topological polar surface area (TPSA) is 4.93 Å². The fourth-order valence-electron chi connectivity index (χ4n) is 2.75. The van der Waals surface area contributed by atoms with Crippen molar-refractivity contribution in [2.45, 2.75) is 32.7 Å². The van der Waals surface area contributed by atoms with E-state index in [4.69, 9.17) is 0 Å². The molecule has 3 rings (SSSR count). The molecular formula is C13H13BrFN. The lowest BCUT2D eigenvalue weighted by molar-refractivity contribution is 0.533. The van der Waals surface area contributed by atoms with E-state index < -0.39 is 0 Å². The van der Waals surface area contributed by atoms with Gasteiger partial charge in [0.05, 0.1) is 5.52 Å².